The van der Waals surface area contributed by atoms with Gasteiger partial charge >= 0.3 is 0 Å². The molecule has 22 heavy (non-hydrogen) atoms. The number of likely N-dealkylation sites (tertiary alicyclic amines) is 1. The van der Waals surface area contributed by atoms with Crippen LogP contribution in [-0.2, 0) is 4.79 Å². The van der Waals surface area contributed by atoms with Crippen LogP contribution in [0.15, 0.2) is 22.6 Å². The first-order valence-electron chi connectivity index (χ1n) is 7.80. The molecule has 1 amide bonds. The van der Waals surface area contributed by atoms with Crippen molar-refractivity contribution in [3.05, 3.63) is 23.2 Å². The molecule has 0 spiro atoms. The van der Waals surface area contributed by atoms with Crippen LogP contribution >= 0.6 is 11.6 Å². The van der Waals surface area contributed by atoms with Crippen molar-refractivity contribution in [1.29, 1.82) is 0 Å². The molecule has 2 saturated heterocycles. The van der Waals surface area contributed by atoms with Gasteiger partial charge in [0, 0.05) is 37.3 Å². The molecule has 2 fully saturated rings. The zero-order chi connectivity index (χ0) is 15.1. The molecule has 2 aromatic rings. The first-order chi connectivity index (χ1) is 10.7. The minimum absolute atomic E-state index is 0.0664. The maximum atomic E-state index is 12.5. The zero-order valence-corrected chi connectivity index (χ0v) is 13.1. The Hall–Kier alpha value is -1.75. The van der Waals surface area contributed by atoms with E-state index in [0.717, 1.165) is 44.4 Å². The molecule has 3 heterocycles. The Kier molecular flexibility index (Phi) is 3.45. The Bertz CT molecular complexity index is 708. The molecule has 0 bridgehead atoms. The summed E-state index contributed by atoms with van der Waals surface area (Å²) in [6.45, 7) is 3.33. The normalized spacial score (nSPS) is 22.0. The summed E-state index contributed by atoms with van der Waals surface area (Å²) >= 11 is 5.97. The second-order valence-electron chi connectivity index (χ2n) is 6.07. The van der Waals surface area contributed by atoms with Crippen LogP contribution in [0, 0.1) is 5.92 Å². The fourth-order valence-electron chi connectivity index (χ4n) is 3.35. The van der Waals surface area contributed by atoms with Crippen molar-refractivity contribution < 1.29 is 9.21 Å². The molecule has 116 valence electrons. The van der Waals surface area contributed by atoms with Gasteiger partial charge in [-0.2, -0.15) is 4.98 Å². The monoisotopic (exact) mass is 319 g/mol. The predicted molar refractivity (Wildman–Crippen MR) is 85.2 cm³/mol. The van der Waals surface area contributed by atoms with Crippen molar-refractivity contribution in [2.45, 2.75) is 19.3 Å². The van der Waals surface area contributed by atoms with Crippen LogP contribution in [0.4, 0.5) is 6.01 Å². The van der Waals surface area contributed by atoms with Crippen LogP contribution in [0.3, 0.4) is 0 Å². The van der Waals surface area contributed by atoms with Gasteiger partial charge in [-0.3, -0.25) is 4.79 Å². The number of oxazole rings is 1. The number of halogens is 1. The summed E-state index contributed by atoms with van der Waals surface area (Å²) in [5, 5.41) is 0.638. The number of anilines is 1. The lowest BCUT2D eigenvalue weighted by Crippen LogP contribution is -2.35. The summed E-state index contributed by atoms with van der Waals surface area (Å²) in [4.78, 5) is 21.0. The van der Waals surface area contributed by atoms with E-state index in [0.29, 0.717) is 29.1 Å². The molecule has 0 N–H and O–H groups in total. The van der Waals surface area contributed by atoms with Gasteiger partial charge in [0.1, 0.15) is 5.52 Å². The van der Waals surface area contributed by atoms with Crippen molar-refractivity contribution in [3.63, 3.8) is 0 Å². The van der Waals surface area contributed by atoms with Gasteiger partial charge in [0.15, 0.2) is 5.58 Å². The van der Waals surface area contributed by atoms with Gasteiger partial charge in [-0.25, -0.2) is 0 Å². The number of hydrogen-bond donors (Lipinski definition) is 0. The number of hydrogen-bond acceptors (Lipinski definition) is 4. The Labute approximate surface area is 133 Å². The second-order valence-corrected chi connectivity index (χ2v) is 6.51. The van der Waals surface area contributed by atoms with E-state index in [2.05, 4.69) is 9.88 Å². The summed E-state index contributed by atoms with van der Waals surface area (Å²) in [5.41, 5.74) is 1.49. The minimum atomic E-state index is 0.0664. The first-order valence-corrected chi connectivity index (χ1v) is 8.18. The summed E-state index contributed by atoms with van der Waals surface area (Å²) in [5.74, 6) is 0.357. The number of carbonyl (C=O) groups excluding carboxylic acids is 1. The van der Waals surface area contributed by atoms with E-state index in [1.807, 2.05) is 11.0 Å². The SMILES string of the molecule is O=C(C1CCN(c2nc3ccc(Cl)cc3o2)C1)N1CCCC1. The molecule has 1 atom stereocenters. The zero-order valence-electron chi connectivity index (χ0n) is 12.3. The smallest absolute Gasteiger partial charge is 0.298 e. The Balaban J connectivity index is 1.50. The van der Waals surface area contributed by atoms with Crippen LogP contribution in [-0.4, -0.2) is 42.0 Å². The molecule has 5 nitrogen and oxygen atoms in total. The van der Waals surface area contributed by atoms with Gasteiger partial charge in [0.2, 0.25) is 5.91 Å². The third kappa shape index (κ3) is 2.43. The molecule has 2 aliphatic rings. The third-order valence-corrected chi connectivity index (χ3v) is 4.80. The Morgan fingerprint density at radius 3 is 2.91 bits per heavy atom. The summed E-state index contributed by atoms with van der Waals surface area (Å²) in [7, 11) is 0. The van der Waals surface area contributed by atoms with Crippen LogP contribution in [0.1, 0.15) is 19.3 Å². The summed E-state index contributed by atoms with van der Waals surface area (Å²) in [6.07, 6.45) is 3.14. The fourth-order valence-corrected chi connectivity index (χ4v) is 3.51. The standard InChI is InChI=1S/C16H18ClN3O2/c17-12-3-4-13-14(9-12)22-16(18-13)20-8-5-11(10-20)15(21)19-6-1-2-7-19/h3-4,9,11H,1-2,5-8,10H2. The van der Waals surface area contributed by atoms with Crippen molar-refractivity contribution in [3.8, 4) is 0 Å². The van der Waals surface area contributed by atoms with Crippen molar-refractivity contribution in [1.82, 2.24) is 9.88 Å². The number of benzene rings is 1. The first kappa shape index (κ1) is 13.9. The largest absolute Gasteiger partial charge is 0.423 e. The van der Waals surface area contributed by atoms with Gasteiger partial charge < -0.3 is 14.2 Å². The number of rotatable bonds is 2. The van der Waals surface area contributed by atoms with Gasteiger partial charge in [-0.05, 0) is 31.4 Å². The average Bonchev–Trinajstić information content (AvgIpc) is 3.25. The van der Waals surface area contributed by atoms with E-state index in [9.17, 15) is 4.79 Å². The molecule has 1 unspecified atom stereocenters. The highest BCUT2D eigenvalue weighted by molar-refractivity contribution is 6.31. The summed E-state index contributed by atoms with van der Waals surface area (Å²) < 4.78 is 5.79. The lowest BCUT2D eigenvalue weighted by molar-refractivity contribution is -0.133. The predicted octanol–water partition coefficient (Wildman–Crippen LogP) is 2.93. The molecular formula is C16H18ClN3O2. The molecule has 6 heteroatoms. The van der Waals surface area contributed by atoms with Crippen LogP contribution in [0.25, 0.3) is 11.1 Å². The lowest BCUT2D eigenvalue weighted by Gasteiger charge is -2.20. The van der Waals surface area contributed by atoms with Gasteiger partial charge in [0.25, 0.3) is 6.01 Å². The van der Waals surface area contributed by atoms with E-state index in [1.54, 1.807) is 12.1 Å². The maximum Gasteiger partial charge on any atom is 0.298 e. The molecule has 2 aliphatic heterocycles. The topological polar surface area (TPSA) is 49.6 Å². The van der Waals surface area contributed by atoms with E-state index < -0.39 is 0 Å². The van der Waals surface area contributed by atoms with Crippen molar-refractivity contribution in [2.75, 3.05) is 31.1 Å². The molecule has 0 saturated carbocycles. The number of carbonyl (C=O) groups is 1. The Morgan fingerprint density at radius 1 is 1.27 bits per heavy atom. The lowest BCUT2D eigenvalue weighted by atomic mass is 10.1. The summed E-state index contributed by atoms with van der Waals surface area (Å²) in [6, 6.07) is 6.03. The van der Waals surface area contributed by atoms with Gasteiger partial charge in [0.05, 0.1) is 5.92 Å². The minimum Gasteiger partial charge on any atom is -0.423 e. The highest BCUT2D eigenvalue weighted by Crippen LogP contribution is 2.29. The second kappa shape index (κ2) is 5.47. The number of aromatic nitrogens is 1. The quantitative estimate of drug-likeness (QED) is 0.854. The average molecular weight is 320 g/mol. The fraction of sp³-hybridized carbons (Fsp3) is 0.500. The number of amides is 1. The van der Waals surface area contributed by atoms with E-state index in [4.69, 9.17) is 16.0 Å². The van der Waals surface area contributed by atoms with Crippen molar-refractivity contribution >= 4 is 34.6 Å². The van der Waals surface area contributed by atoms with Crippen LogP contribution in [0.5, 0.6) is 0 Å². The maximum absolute atomic E-state index is 12.5. The van der Waals surface area contributed by atoms with Crippen LogP contribution in [0.2, 0.25) is 5.02 Å². The molecule has 4 rings (SSSR count). The molecule has 0 aliphatic carbocycles. The molecule has 0 radical (unpaired) electrons. The van der Waals surface area contributed by atoms with Gasteiger partial charge in [-0.1, -0.05) is 11.6 Å². The third-order valence-electron chi connectivity index (χ3n) is 4.56. The highest BCUT2D eigenvalue weighted by Gasteiger charge is 2.34. The van der Waals surface area contributed by atoms with E-state index in [1.165, 1.54) is 0 Å². The molecule has 1 aromatic carbocycles. The molecule has 1 aromatic heterocycles. The van der Waals surface area contributed by atoms with Crippen LogP contribution < -0.4 is 4.90 Å². The Morgan fingerprint density at radius 2 is 2.09 bits per heavy atom. The number of nitrogens with zero attached hydrogens (tertiary/aromatic N) is 3. The molecular weight excluding hydrogens is 302 g/mol. The van der Waals surface area contributed by atoms with E-state index in [-0.39, 0.29) is 5.92 Å². The van der Waals surface area contributed by atoms with Gasteiger partial charge in [-0.15, -0.1) is 0 Å². The van der Waals surface area contributed by atoms with Crippen molar-refractivity contribution in [2.24, 2.45) is 5.92 Å². The van der Waals surface area contributed by atoms with E-state index >= 15 is 0 Å². The highest BCUT2D eigenvalue weighted by atomic mass is 35.5. The number of fused-ring (bicyclic) bond motifs is 1.